The summed E-state index contributed by atoms with van der Waals surface area (Å²) in [5.74, 6) is 1.21. The maximum absolute atomic E-state index is 10.3. The van der Waals surface area contributed by atoms with Crippen LogP contribution in [0.25, 0.3) is 22.2 Å². The monoisotopic (exact) mass is 392 g/mol. The number of hydrogen-bond donors (Lipinski definition) is 1. The van der Waals surface area contributed by atoms with E-state index < -0.39 is 6.10 Å². The van der Waals surface area contributed by atoms with Crippen molar-refractivity contribution in [2.24, 2.45) is 7.05 Å². The Labute approximate surface area is 167 Å². The molecule has 1 atom stereocenters. The highest BCUT2D eigenvalue weighted by Gasteiger charge is 2.12. The molecule has 2 heterocycles. The van der Waals surface area contributed by atoms with Gasteiger partial charge in [-0.15, -0.1) is 11.8 Å². The predicted molar refractivity (Wildman–Crippen MR) is 110 cm³/mol. The van der Waals surface area contributed by atoms with Crippen molar-refractivity contribution in [1.29, 1.82) is 0 Å². The molecule has 0 aliphatic heterocycles. The molecule has 28 heavy (non-hydrogen) atoms. The minimum atomic E-state index is -0.611. The lowest BCUT2D eigenvalue weighted by Crippen LogP contribution is -2.20. The van der Waals surface area contributed by atoms with Crippen molar-refractivity contribution >= 4 is 22.8 Å². The number of thioether (sulfide) groups is 1. The van der Waals surface area contributed by atoms with E-state index in [1.54, 1.807) is 10.9 Å². The Balaban J connectivity index is 1.31. The molecule has 6 nitrogen and oxygen atoms in total. The average molecular weight is 392 g/mol. The molecule has 4 aromatic rings. The van der Waals surface area contributed by atoms with Crippen LogP contribution in [-0.4, -0.2) is 43.3 Å². The Morgan fingerprint density at radius 3 is 2.57 bits per heavy atom. The van der Waals surface area contributed by atoms with Crippen molar-refractivity contribution in [3.05, 3.63) is 67.1 Å². The lowest BCUT2D eigenvalue weighted by molar-refractivity contribution is 0.126. The Kier molecular flexibility index (Phi) is 5.55. The summed E-state index contributed by atoms with van der Waals surface area (Å²) in [4.78, 5) is 8.52. The topological polar surface area (TPSA) is 73.1 Å². The van der Waals surface area contributed by atoms with Crippen molar-refractivity contribution in [1.82, 2.24) is 19.7 Å². The van der Waals surface area contributed by atoms with E-state index in [4.69, 9.17) is 4.74 Å². The average Bonchev–Trinajstić information content (AvgIpc) is 3.13. The first-order valence-corrected chi connectivity index (χ1v) is 9.91. The highest BCUT2D eigenvalue weighted by atomic mass is 32.2. The number of hydrogen-bond acceptors (Lipinski definition) is 6. The molecule has 0 amide bonds. The van der Waals surface area contributed by atoms with Crippen molar-refractivity contribution < 1.29 is 9.84 Å². The minimum Gasteiger partial charge on any atom is -0.491 e. The standard InChI is InChI=1S/C21H20N4O2S/c1-25-20-19(11-24-25)21(23-14-22-20)28-13-17(26)12-27-18-9-7-16(8-10-18)15-5-3-2-4-6-15/h2-11,14,17,26H,12-13H2,1H3. The number of aromatic nitrogens is 4. The van der Waals surface area contributed by atoms with E-state index in [2.05, 4.69) is 27.2 Å². The smallest absolute Gasteiger partial charge is 0.162 e. The summed E-state index contributed by atoms with van der Waals surface area (Å²) in [5.41, 5.74) is 3.08. The lowest BCUT2D eigenvalue weighted by atomic mass is 10.1. The van der Waals surface area contributed by atoms with Gasteiger partial charge in [-0.05, 0) is 23.3 Å². The first-order valence-electron chi connectivity index (χ1n) is 8.92. The van der Waals surface area contributed by atoms with Crippen LogP contribution >= 0.6 is 11.8 Å². The zero-order valence-corrected chi connectivity index (χ0v) is 16.2. The maximum atomic E-state index is 10.3. The Bertz CT molecular complexity index is 1050. The van der Waals surface area contributed by atoms with Gasteiger partial charge < -0.3 is 9.84 Å². The molecule has 7 heteroatoms. The molecular formula is C21H20N4O2S. The molecule has 0 aliphatic carbocycles. The second-order valence-corrected chi connectivity index (χ2v) is 7.36. The minimum absolute atomic E-state index is 0.221. The Morgan fingerprint density at radius 2 is 1.79 bits per heavy atom. The third-order valence-corrected chi connectivity index (χ3v) is 5.46. The van der Waals surface area contributed by atoms with E-state index in [-0.39, 0.29) is 6.61 Å². The zero-order valence-electron chi connectivity index (χ0n) is 15.4. The molecule has 1 unspecified atom stereocenters. The van der Waals surface area contributed by atoms with Crippen LogP contribution in [0.2, 0.25) is 0 Å². The van der Waals surface area contributed by atoms with Gasteiger partial charge in [-0.1, -0.05) is 42.5 Å². The van der Waals surface area contributed by atoms with Crippen LogP contribution in [-0.2, 0) is 7.05 Å². The normalized spacial score (nSPS) is 12.2. The molecule has 4 rings (SSSR count). The highest BCUT2D eigenvalue weighted by molar-refractivity contribution is 7.99. The summed E-state index contributed by atoms with van der Waals surface area (Å²) in [6, 6.07) is 18.1. The fourth-order valence-corrected chi connectivity index (χ4v) is 3.71. The molecule has 0 aliphatic rings. The summed E-state index contributed by atoms with van der Waals surface area (Å²) in [7, 11) is 1.84. The Hall–Kier alpha value is -2.90. The number of benzene rings is 2. The summed E-state index contributed by atoms with van der Waals surface area (Å²) in [5, 5.41) is 16.2. The first kappa shape index (κ1) is 18.5. The van der Waals surface area contributed by atoms with Crippen molar-refractivity contribution in [3.8, 4) is 16.9 Å². The van der Waals surface area contributed by atoms with Gasteiger partial charge >= 0.3 is 0 Å². The van der Waals surface area contributed by atoms with Gasteiger partial charge in [0.25, 0.3) is 0 Å². The molecule has 0 saturated heterocycles. The summed E-state index contributed by atoms with van der Waals surface area (Å²) in [6.07, 6.45) is 2.65. The van der Waals surface area contributed by atoms with Crippen LogP contribution in [0.5, 0.6) is 5.75 Å². The van der Waals surface area contributed by atoms with Crippen LogP contribution in [0.15, 0.2) is 72.1 Å². The van der Waals surface area contributed by atoms with Crippen LogP contribution < -0.4 is 4.74 Å². The largest absolute Gasteiger partial charge is 0.491 e. The predicted octanol–water partition coefficient (Wildman–Crippen LogP) is 3.56. The highest BCUT2D eigenvalue weighted by Crippen LogP contribution is 2.25. The molecule has 0 bridgehead atoms. The molecule has 1 N–H and O–H groups in total. The van der Waals surface area contributed by atoms with Crippen LogP contribution in [0.4, 0.5) is 0 Å². The first-order chi connectivity index (χ1) is 13.7. The Morgan fingerprint density at radius 1 is 1.04 bits per heavy atom. The van der Waals surface area contributed by atoms with E-state index in [9.17, 15) is 5.11 Å². The number of fused-ring (bicyclic) bond motifs is 1. The molecular weight excluding hydrogens is 372 g/mol. The maximum Gasteiger partial charge on any atom is 0.162 e. The van der Waals surface area contributed by atoms with Gasteiger partial charge in [-0.3, -0.25) is 4.68 Å². The fourth-order valence-electron chi connectivity index (χ4n) is 2.85. The molecule has 0 saturated carbocycles. The van der Waals surface area contributed by atoms with Crippen LogP contribution in [0, 0.1) is 0 Å². The van der Waals surface area contributed by atoms with Gasteiger partial charge in [0.1, 0.15) is 23.7 Å². The van der Waals surface area contributed by atoms with Crippen LogP contribution in [0.3, 0.4) is 0 Å². The van der Waals surface area contributed by atoms with Gasteiger partial charge in [0.2, 0.25) is 0 Å². The summed E-state index contributed by atoms with van der Waals surface area (Å²) < 4.78 is 7.43. The summed E-state index contributed by atoms with van der Waals surface area (Å²) in [6.45, 7) is 0.221. The van der Waals surface area contributed by atoms with Crippen molar-refractivity contribution in [2.75, 3.05) is 12.4 Å². The third kappa shape index (κ3) is 4.16. The van der Waals surface area contributed by atoms with E-state index in [1.165, 1.54) is 18.1 Å². The molecule has 2 aromatic carbocycles. The van der Waals surface area contributed by atoms with Gasteiger partial charge in [0.05, 0.1) is 17.7 Å². The number of rotatable bonds is 7. The number of nitrogens with zero attached hydrogens (tertiary/aromatic N) is 4. The van der Waals surface area contributed by atoms with Gasteiger partial charge in [0, 0.05) is 12.8 Å². The fraction of sp³-hybridized carbons (Fsp3) is 0.190. The molecule has 0 fully saturated rings. The van der Waals surface area contributed by atoms with E-state index in [1.807, 2.05) is 49.5 Å². The second kappa shape index (κ2) is 8.41. The number of aliphatic hydroxyl groups is 1. The summed E-state index contributed by atoms with van der Waals surface area (Å²) >= 11 is 1.47. The van der Waals surface area contributed by atoms with E-state index >= 15 is 0 Å². The van der Waals surface area contributed by atoms with Gasteiger partial charge in [0.15, 0.2) is 5.65 Å². The molecule has 0 spiro atoms. The lowest BCUT2D eigenvalue weighted by Gasteiger charge is -2.12. The van der Waals surface area contributed by atoms with Crippen LogP contribution in [0.1, 0.15) is 0 Å². The quantitative estimate of drug-likeness (QED) is 0.383. The van der Waals surface area contributed by atoms with Gasteiger partial charge in [-0.2, -0.15) is 5.10 Å². The number of aliphatic hydroxyl groups excluding tert-OH is 1. The van der Waals surface area contributed by atoms with E-state index in [0.717, 1.165) is 32.9 Å². The van der Waals surface area contributed by atoms with Crippen molar-refractivity contribution in [3.63, 3.8) is 0 Å². The SMILES string of the molecule is Cn1ncc2c(SCC(O)COc3ccc(-c4ccccc4)cc3)ncnc21. The number of aryl methyl sites for hydroxylation is 1. The second-order valence-electron chi connectivity index (χ2n) is 6.35. The molecule has 142 valence electrons. The number of ether oxygens (including phenoxy) is 1. The van der Waals surface area contributed by atoms with Crippen molar-refractivity contribution in [2.45, 2.75) is 11.1 Å². The zero-order chi connectivity index (χ0) is 19.3. The van der Waals surface area contributed by atoms with E-state index in [0.29, 0.717) is 5.75 Å². The molecule has 0 radical (unpaired) electrons. The molecule has 2 aromatic heterocycles. The third-order valence-electron chi connectivity index (χ3n) is 4.31. The van der Waals surface area contributed by atoms with Gasteiger partial charge in [-0.25, -0.2) is 9.97 Å².